The van der Waals surface area contributed by atoms with Gasteiger partial charge in [0.05, 0.1) is 7.11 Å². The van der Waals surface area contributed by atoms with Gasteiger partial charge < -0.3 is 9.47 Å². The van der Waals surface area contributed by atoms with Crippen LogP contribution >= 0.6 is 0 Å². The molecular weight excluding hydrogens is 276 g/mol. The van der Waals surface area contributed by atoms with Crippen molar-refractivity contribution in [3.05, 3.63) is 71.0 Å². The summed E-state index contributed by atoms with van der Waals surface area (Å²) in [4.78, 5) is 12.0. The number of carbonyl (C=O) groups is 1. The second-order valence-corrected chi connectivity index (χ2v) is 5.58. The molecule has 0 saturated heterocycles. The van der Waals surface area contributed by atoms with Crippen LogP contribution in [0.3, 0.4) is 0 Å². The lowest BCUT2D eigenvalue weighted by Crippen LogP contribution is -2.12. The smallest absolute Gasteiger partial charge is 0.341 e. The van der Waals surface area contributed by atoms with E-state index in [1.54, 1.807) is 0 Å². The Hall–Kier alpha value is -2.29. The maximum absolute atomic E-state index is 12.0. The molecule has 1 aromatic carbocycles. The molecule has 1 aliphatic carbocycles. The van der Waals surface area contributed by atoms with Crippen LogP contribution in [0.15, 0.2) is 65.5 Å². The second-order valence-electron chi connectivity index (χ2n) is 5.58. The zero-order valence-electron chi connectivity index (χ0n) is 13.3. The molecule has 0 spiro atoms. The van der Waals surface area contributed by atoms with E-state index < -0.39 is 0 Å². The van der Waals surface area contributed by atoms with Crippen molar-refractivity contribution in [2.45, 2.75) is 26.9 Å². The number of esters is 1. The van der Waals surface area contributed by atoms with E-state index in [9.17, 15) is 4.79 Å². The average Bonchev–Trinajstić information content (AvgIpc) is 2.53. The van der Waals surface area contributed by atoms with E-state index in [-0.39, 0.29) is 5.97 Å². The molecule has 0 unspecified atom stereocenters. The number of allylic oxidation sites excluding steroid dienone is 4. The van der Waals surface area contributed by atoms with Gasteiger partial charge in [0.25, 0.3) is 0 Å². The van der Waals surface area contributed by atoms with Gasteiger partial charge >= 0.3 is 5.97 Å². The van der Waals surface area contributed by atoms with Gasteiger partial charge in [-0.25, -0.2) is 4.79 Å². The number of methoxy groups -OCH3 is 1. The highest BCUT2D eigenvalue weighted by atomic mass is 16.5. The quantitative estimate of drug-likeness (QED) is 0.765. The maximum atomic E-state index is 12.0. The van der Waals surface area contributed by atoms with Crippen LogP contribution in [0.25, 0.3) is 0 Å². The molecule has 0 radical (unpaired) electrons. The van der Waals surface area contributed by atoms with Crippen molar-refractivity contribution in [3.63, 3.8) is 0 Å². The number of carbonyl (C=O) groups excluding carboxylic acids is 1. The topological polar surface area (TPSA) is 35.5 Å². The zero-order chi connectivity index (χ0) is 15.9. The Morgan fingerprint density at radius 1 is 1.27 bits per heavy atom. The molecule has 3 heteroatoms. The number of hydrogen-bond donors (Lipinski definition) is 0. The van der Waals surface area contributed by atoms with Gasteiger partial charge in [0.1, 0.15) is 17.9 Å². The van der Waals surface area contributed by atoms with Crippen LogP contribution in [0.4, 0.5) is 0 Å². The number of hydrogen-bond acceptors (Lipinski definition) is 3. The van der Waals surface area contributed by atoms with Gasteiger partial charge in [0.15, 0.2) is 0 Å². The third-order valence-corrected chi connectivity index (χ3v) is 3.31. The first kappa shape index (κ1) is 16.1. The number of ether oxygens (including phenoxy) is 2. The van der Waals surface area contributed by atoms with Crippen molar-refractivity contribution in [3.8, 4) is 0 Å². The summed E-state index contributed by atoms with van der Waals surface area (Å²) in [5.41, 5.74) is 2.66. The molecule has 0 amide bonds. The maximum Gasteiger partial charge on any atom is 0.341 e. The number of rotatable bonds is 5. The lowest BCUT2D eigenvalue weighted by Gasteiger charge is -2.17. The minimum atomic E-state index is -0.367. The first-order valence-corrected chi connectivity index (χ1v) is 7.48. The molecule has 0 aromatic heterocycles. The summed E-state index contributed by atoms with van der Waals surface area (Å²) in [5.74, 6) is 0.663. The highest BCUT2D eigenvalue weighted by Gasteiger charge is 2.20. The van der Waals surface area contributed by atoms with Crippen LogP contribution in [0.2, 0.25) is 0 Å². The van der Waals surface area contributed by atoms with E-state index in [2.05, 4.69) is 19.9 Å². The molecule has 116 valence electrons. The van der Waals surface area contributed by atoms with Crippen LogP contribution in [0.5, 0.6) is 0 Å². The van der Waals surface area contributed by atoms with Crippen molar-refractivity contribution in [1.29, 1.82) is 0 Å². The minimum Gasteiger partial charge on any atom is -0.488 e. The standard InChI is InChI=1S/C19H22O3/c1-14(2)11-16-9-10-18(17(12-16)19(20)21-3)22-13-15-7-5-4-6-8-15/h4-8,10-12,14H,9,13H2,1-3H3. The minimum absolute atomic E-state index is 0.367. The molecule has 22 heavy (non-hydrogen) atoms. The fourth-order valence-electron chi connectivity index (χ4n) is 2.32. The van der Waals surface area contributed by atoms with Crippen molar-refractivity contribution in [2.24, 2.45) is 5.92 Å². The Balaban J connectivity index is 2.14. The largest absolute Gasteiger partial charge is 0.488 e. The summed E-state index contributed by atoms with van der Waals surface area (Å²) in [5, 5.41) is 0. The lowest BCUT2D eigenvalue weighted by atomic mass is 9.97. The fourth-order valence-corrected chi connectivity index (χ4v) is 2.32. The summed E-state index contributed by atoms with van der Waals surface area (Å²) in [6, 6.07) is 9.89. The first-order valence-electron chi connectivity index (χ1n) is 7.48. The molecule has 0 atom stereocenters. The number of benzene rings is 1. The molecule has 1 aromatic rings. The highest BCUT2D eigenvalue weighted by Crippen LogP contribution is 2.26. The van der Waals surface area contributed by atoms with Crippen LogP contribution in [-0.2, 0) is 20.9 Å². The van der Waals surface area contributed by atoms with Gasteiger partial charge in [0.2, 0.25) is 0 Å². The Bertz CT molecular complexity index is 607. The van der Waals surface area contributed by atoms with E-state index >= 15 is 0 Å². The van der Waals surface area contributed by atoms with Gasteiger partial charge in [-0.05, 0) is 35.6 Å². The van der Waals surface area contributed by atoms with E-state index in [1.165, 1.54) is 7.11 Å². The van der Waals surface area contributed by atoms with Gasteiger partial charge in [-0.3, -0.25) is 0 Å². The van der Waals surface area contributed by atoms with Gasteiger partial charge in [-0.1, -0.05) is 50.3 Å². The third kappa shape index (κ3) is 4.35. The molecule has 0 saturated carbocycles. The predicted octanol–water partition coefficient (Wildman–Crippen LogP) is 4.17. The molecule has 3 nitrogen and oxygen atoms in total. The molecule has 0 heterocycles. The fraction of sp³-hybridized carbons (Fsp3) is 0.316. The molecule has 0 bridgehead atoms. The molecule has 0 aliphatic heterocycles. The predicted molar refractivity (Wildman–Crippen MR) is 87.0 cm³/mol. The Morgan fingerprint density at radius 2 is 2.00 bits per heavy atom. The van der Waals surface area contributed by atoms with E-state index in [0.29, 0.717) is 23.9 Å². The van der Waals surface area contributed by atoms with Crippen molar-refractivity contribution >= 4 is 5.97 Å². The second kappa shape index (κ2) is 7.64. The monoisotopic (exact) mass is 298 g/mol. The van der Waals surface area contributed by atoms with Gasteiger partial charge in [-0.2, -0.15) is 0 Å². The van der Waals surface area contributed by atoms with Crippen LogP contribution in [0.1, 0.15) is 25.8 Å². The Labute approximate surface area is 131 Å². The third-order valence-electron chi connectivity index (χ3n) is 3.31. The molecule has 2 rings (SSSR count). The molecule has 0 N–H and O–H groups in total. The molecular formula is C19H22O3. The summed E-state index contributed by atoms with van der Waals surface area (Å²) >= 11 is 0. The summed E-state index contributed by atoms with van der Waals surface area (Å²) in [6.07, 6.45) is 6.73. The lowest BCUT2D eigenvalue weighted by molar-refractivity contribution is -0.136. The Kier molecular flexibility index (Phi) is 5.59. The van der Waals surface area contributed by atoms with Crippen LogP contribution in [0, 0.1) is 5.92 Å². The van der Waals surface area contributed by atoms with E-state index in [0.717, 1.165) is 17.6 Å². The van der Waals surface area contributed by atoms with Gasteiger partial charge in [-0.15, -0.1) is 0 Å². The van der Waals surface area contributed by atoms with Gasteiger partial charge in [0, 0.05) is 0 Å². The molecule has 0 fully saturated rings. The average molecular weight is 298 g/mol. The normalized spacial score (nSPS) is 16.3. The summed E-state index contributed by atoms with van der Waals surface area (Å²) < 4.78 is 10.7. The van der Waals surface area contributed by atoms with Crippen molar-refractivity contribution in [2.75, 3.05) is 7.11 Å². The van der Waals surface area contributed by atoms with Crippen molar-refractivity contribution < 1.29 is 14.3 Å². The van der Waals surface area contributed by atoms with E-state index in [4.69, 9.17) is 9.47 Å². The first-order chi connectivity index (χ1) is 10.6. The van der Waals surface area contributed by atoms with Crippen molar-refractivity contribution in [1.82, 2.24) is 0 Å². The molecule has 1 aliphatic rings. The van der Waals surface area contributed by atoms with E-state index in [1.807, 2.05) is 42.5 Å². The van der Waals surface area contributed by atoms with Crippen LogP contribution in [-0.4, -0.2) is 13.1 Å². The SMILES string of the molecule is COC(=O)C1=CC(=CC(C)C)CC=C1OCc1ccccc1. The summed E-state index contributed by atoms with van der Waals surface area (Å²) in [6.45, 7) is 4.66. The Morgan fingerprint density at radius 3 is 2.64 bits per heavy atom. The highest BCUT2D eigenvalue weighted by molar-refractivity contribution is 5.93. The zero-order valence-corrected chi connectivity index (χ0v) is 13.3. The van der Waals surface area contributed by atoms with Crippen LogP contribution < -0.4 is 0 Å². The summed E-state index contributed by atoms with van der Waals surface area (Å²) in [7, 11) is 1.39.